The van der Waals surface area contributed by atoms with Crippen molar-refractivity contribution >= 4 is 23.2 Å². The quantitative estimate of drug-likeness (QED) is 0.578. The van der Waals surface area contributed by atoms with E-state index in [-0.39, 0.29) is 5.91 Å². The highest BCUT2D eigenvalue weighted by molar-refractivity contribution is 6.06. The van der Waals surface area contributed by atoms with Crippen molar-refractivity contribution in [1.29, 1.82) is 0 Å². The fourth-order valence-corrected chi connectivity index (χ4v) is 4.53. The Morgan fingerprint density at radius 1 is 1.06 bits per heavy atom. The van der Waals surface area contributed by atoms with Crippen LogP contribution in [-0.2, 0) is 11.8 Å². The number of morpholine rings is 1. The second kappa shape index (κ2) is 10.2. The molecule has 3 aromatic rings. The van der Waals surface area contributed by atoms with E-state index < -0.39 is 5.82 Å². The summed E-state index contributed by atoms with van der Waals surface area (Å²) in [5.74, 6) is -0.0997. The number of aromatic nitrogens is 4. The first-order chi connectivity index (χ1) is 17.4. The molecule has 0 bridgehead atoms. The Hall–Kier alpha value is -3.57. The van der Waals surface area contributed by atoms with Crippen molar-refractivity contribution in [3.05, 3.63) is 48.3 Å². The molecule has 4 heterocycles. The molecule has 0 saturated carbocycles. The zero-order valence-corrected chi connectivity index (χ0v) is 20.8. The summed E-state index contributed by atoms with van der Waals surface area (Å²) in [6, 6.07) is 3.47. The molecule has 2 aliphatic heterocycles. The maximum atomic E-state index is 15.5. The van der Waals surface area contributed by atoms with Crippen molar-refractivity contribution < 1.29 is 13.9 Å². The van der Waals surface area contributed by atoms with Crippen LogP contribution < -0.4 is 15.1 Å². The first-order valence-corrected chi connectivity index (χ1v) is 12.1. The van der Waals surface area contributed by atoms with Crippen molar-refractivity contribution in [2.45, 2.75) is 13.0 Å². The second-order valence-corrected chi connectivity index (χ2v) is 9.35. The van der Waals surface area contributed by atoms with E-state index in [0.717, 1.165) is 32.7 Å². The molecule has 1 unspecified atom stereocenters. The summed E-state index contributed by atoms with van der Waals surface area (Å²) in [6.45, 7) is 7.13. The number of anilines is 3. The number of ether oxygens (including phenoxy) is 1. The number of carbonyl (C=O) groups is 1. The molecule has 36 heavy (non-hydrogen) atoms. The van der Waals surface area contributed by atoms with Crippen LogP contribution in [0.3, 0.4) is 0 Å². The van der Waals surface area contributed by atoms with Crippen LogP contribution in [0.4, 0.5) is 21.7 Å². The number of likely N-dealkylation sites (N-methyl/N-ethyl adjacent to an activating group) is 1. The number of hydrogen-bond donors (Lipinski definition) is 1. The number of rotatable bonds is 5. The Labute approximate surface area is 209 Å². The van der Waals surface area contributed by atoms with E-state index in [1.165, 1.54) is 12.3 Å². The van der Waals surface area contributed by atoms with Gasteiger partial charge in [0.25, 0.3) is 5.91 Å². The lowest BCUT2D eigenvalue weighted by Gasteiger charge is -2.39. The zero-order chi connectivity index (χ0) is 25.2. The smallest absolute Gasteiger partial charge is 0.258 e. The van der Waals surface area contributed by atoms with Gasteiger partial charge in [0.15, 0.2) is 0 Å². The van der Waals surface area contributed by atoms with Crippen molar-refractivity contribution in [2.24, 2.45) is 7.05 Å². The summed E-state index contributed by atoms with van der Waals surface area (Å²) in [7, 11) is 3.84. The van der Waals surface area contributed by atoms with Crippen LogP contribution in [0, 0.1) is 5.82 Å². The van der Waals surface area contributed by atoms with Crippen LogP contribution in [0.1, 0.15) is 17.3 Å². The molecular formula is C25H31FN8O2. The van der Waals surface area contributed by atoms with Gasteiger partial charge < -0.3 is 24.8 Å². The molecule has 1 N–H and O–H groups in total. The van der Waals surface area contributed by atoms with E-state index >= 15 is 4.39 Å². The fourth-order valence-electron chi connectivity index (χ4n) is 4.53. The maximum absolute atomic E-state index is 15.5. The number of nitrogens with zero attached hydrogens (tertiary/aromatic N) is 7. The van der Waals surface area contributed by atoms with Gasteiger partial charge in [-0.1, -0.05) is 0 Å². The van der Waals surface area contributed by atoms with Crippen LogP contribution in [0.15, 0.2) is 36.9 Å². The fraction of sp³-hybridized carbons (Fsp3) is 0.440. The third kappa shape index (κ3) is 5.02. The Kier molecular flexibility index (Phi) is 6.84. The Morgan fingerprint density at radius 3 is 2.47 bits per heavy atom. The minimum Gasteiger partial charge on any atom is -0.378 e. The molecule has 10 nitrogen and oxygen atoms in total. The molecule has 0 radical (unpaired) electrons. The molecule has 1 atom stereocenters. The highest BCUT2D eigenvalue weighted by Gasteiger charge is 2.25. The van der Waals surface area contributed by atoms with Crippen LogP contribution in [0.5, 0.6) is 0 Å². The molecule has 2 saturated heterocycles. The summed E-state index contributed by atoms with van der Waals surface area (Å²) in [5, 5.41) is 7.07. The lowest BCUT2D eigenvalue weighted by Crippen LogP contribution is -2.50. The molecule has 2 aromatic heterocycles. The third-order valence-corrected chi connectivity index (χ3v) is 6.84. The molecule has 1 aromatic carbocycles. The number of nitrogens with one attached hydrogen (secondary N) is 1. The highest BCUT2D eigenvalue weighted by atomic mass is 19.1. The first-order valence-electron chi connectivity index (χ1n) is 12.1. The minimum atomic E-state index is -0.390. The number of carbonyl (C=O) groups excluding carboxylic acids is 1. The van der Waals surface area contributed by atoms with E-state index in [1.54, 1.807) is 36.4 Å². The number of amides is 1. The first kappa shape index (κ1) is 24.1. The normalized spacial score (nSPS) is 18.9. The second-order valence-electron chi connectivity index (χ2n) is 9.35. The van der Waals surface area contributed by atoms with Crippen LogP contribution in [0.2, 0.25) is 0 Å². The number of aryl methyl sites for hydroxylation is 1. The van der Waals surface area contributed by atoms with Crippen molar-refractivity contribution in [2.75, 3.05) is 68.1 Å². The Morgan fingerprint density at radius 2 is 1.81 bits per heavy atom. The topological polar surface area (TPSA) is 91.6 Å². The molecule has 2 aliphatic rings. The highest BCUT2D eigenvalue weighted by Crippen LogP contribution is 2.35. The van der Waals surface area contributed by atoms with Crippen LogP contribution in [-0.4, -0.2) is 89.6 Å². The van der Waals surface area contributed by atoms with E-state index in [4.69, 9.17) is 4.74 Å². The summed E-state index contributed by atoms with van der Waals surface area (Å²) in [4.78, 5) is 28.4. The van der Waals surface area contributed by atoms with Gasteiger partial charge in [-0.3, -0.25) is 9.48 Å². The van der Waals surface area contributed by atoms with Gasteiger partial charge in [-0.25, -0.2) is 14.4 Å². The molecular weight excluding hydrogens is 463 g/mol. The molecule has 5 rings (SSSR count). The largest absolute Gasteiger partial charge is 0.378 e. The average molecular weight is 495 g/mol. The number of hydrogen-bond acceptors (Lipinski definition) is 8. The van der Waals surface area contributed by atoms with E-state index in [0.29, 0.717) is 53.3 Å². The van der Waals surface area contributed by atoms with Gasteiger partial charge in [-0.2, -0.15) is 5.10 Å². The van der Waals surface area contributed by atoms with Crippen molar-refractivity contribution in [1.82, 2.24) is 24.6 Å². The standard InChI is InChI=1S/C25H31FN8O2/c1-17-15-34(5-4-31(17)2)23-11-21(26)20(10-22(23)30-24(35)19-14-29-32(3)16-19)18-12-27-25(28-13-18)33-6-8-36-9-7-33/h10-14,16-17H,4-9,15H2,1-3H3,(H,30,35). The Bertz CT molecular complexity index is 1230. The van der Waals surface area contributed by atoms with Crippen LogP contribution >= 0.6 is 0 Å². The van der Waals surface area contributed by atoms with E-state index in [1.807, 2.05) is 4.90 Å². The van der Waals surface area contributed by atoms with Gasteiger partial charge in [0.1, 0.15) is 5.82 Å². The molecule has 0 spiro atoms. The van der Waals surface area contributed by atoms with E-state index in [9.17, 15) is 4.79 Å². The summed E-state index contributed by atoms with van der Waals surface area (Å²) in [5.41, 5.74) is 2.49. The lowest BCUT2D eigenvalue weighted by atomic mass is 10.0. The number of halogens is 1. The van der Waals surface area contributed by atoms with Gasteiger partial charge in [-0.15, -0.1) is 0 Å². The van der Waals surface area contributed by atoms with Crippen molar-refractivity contribution in [3.8, 4) is 11.1 Å². The third-order valence-electron chi connectivity index (χ3n) is 6.84. The van der Waals surface area contributed by atoms with Crippen LogP contribution in [0.25, 0.3) is 11.1 Å². The van der Waals surface area contributed by atoms with Gasteiger partial charge in [0.05, 0.1) is 36.3 Å². The summed E-state index contributed by atoms with van der Waals surface area (Å²) in [6.07, 6.45) is 6.41. The summed E-state index contributed by atoms with van der Waals surface area (Å²) >= 11 is 0. The molecule has 0 aliphatic carbocycles. The molecule has 11 heteroatoms. The van der Waals surface area contributed by atoms with Gasteiger partial charge in [0, 0.05) is 75.5 Å². The molecule has 2 fully saturated rings. The predicted molar refractivity (Wildman–Crippen MR) is 136 cm³/mol. The van der Waals surface area contributed by atoms with Gasteiger partial charge in [-0.05, 0) is 26.1 Å². The monoisotopic (exact) mass is 494 g/mol. The van der Waals surface area contributed by atoms with E-state index in [2.05, 4.69) is 44.2 Å². The van der Waals surface area contributed by atoms with Gasteiger partial charge in [0.2, 0.25) is 5.95 Å². The number of piperazine rings is 1. The van der Waals surface area contributed by atoms with Crippen molar-refractivity contribution in [3.63, 3.8) is 0 Å². The predicted octanol–water partition coefficient (Wildman–Crippen LogP) is 2.25. The Balaban J connectivity index is 1.48. The SMILES string of the molecule is CC1CN(c2cc(F)c(-c3cnc(N4CCOCC4)nc3)cc2NC(=O)c2cnn(C)c2)CCN1C. The lowest BCUT2D eigenvalue weighted by molar-refractivity contribution is 0.102. The minimum absolute atomic E-state index is 0.296. The maximum Gasteiger partial charge on any atom is 0.258 e. The summed E-state index contributed by atoms with van der Waals surface area (Å²) < 4.78 is 22.5. The molecule has 1 amide bonds. The average Bonchev–Trinajstić information content (AvgIpc) is 3.33. The van der Waals surface area contributed by atoms with Gasteiger partial charge >= 0.3 is 0 Å². The number of benzene rings is 1. The molecule has 190 valence electrons. The zero-order valence-electron chi connectivity index (χ0n) is 20.8.